The summed E-state index contributed by atoms with van der Waals surface area (Å²) < 4.78 is 10.6. The lowest BCUT2D eigenvalue weighted by Crippen LogP contribution is -2.46. The lowest BCUT2D eigenvalue weighted by atomic mass is 10.0. The highest BCUT2D eigenvalue weighted by molar-refractivity contribution is 5.82. The van der Waals surface area contributed by atoms with Gasteiger partial charge in [-0.15, -0.1) is 0 Å². The lowest BCUT2D eigenvalue weighted by Gasteiger charge is -2.21. The summed E-state index contributed by atoms with van der Waals surface area (Å²) >= 11 is 0. The standard InChI is InChI=1S/C12H22N2O3/c1-8(9-3-4-17-7-9)14-12(15)11-5-10(16-2)6-13-11/h8-11,13H,3-7H2,1-2H3,(H,14,15). The maximum atomic E-state index is 12.0. The molecule has 2 aliphatic rings. The SMILES string of the molecule is COC1CNC(C(=O)NC(C)C2CCOC2)C1. The van der Waals surface area contributed by atoms with Crippen molar-refractivity contribution in [1.82, 2.24) is 10.6 Å². The summed E-state index contributed by atoms with van der Waals surface area (Å²) in [6, 6.07) is 0.0816. The molecular formula is C12H22N2O3. The van der Waals surface area contributed by atoms with Gasteiger partial charge in [0.05, 0.1) is 18.8 Å². The number of carbonyl (C=O) groups excluding carboxylic acids is 1. The second-order valence-electron chi connectivity index (χ2n) is 4.98. The highest BCUT2D eigenvalue weighted by atomic mass is 16.5. The van der Waals surface area contributed by atoms with Crippen LogP contribution in [0.4, 0.5) is 0 Å². The average molecular weight is 242 g/mol. The van der Waals surface area contributed by atoms with Crippen LogP contribution in [0.3, 0.4) is 0 Å². The number of hydrogen-bond donors (Lipinski definition) is 2. The molecule has 4 atom stereocenters. The summed E-state index contributed by atoms with van der Waals surface area (Å²) in [5.41, 5.74) is 0. The summed E-state index contributed by atoms with van der Waals surface area (Å²) in [4.78, 5) is 12.0. The zero-order valence-electron chi connectivity index (χ0n) is 10.6. The largest absolute Gasteiger partial charge is 0.381 e. The van der Waals surface area contributed by atoms with Crippen molar-refractivity contribution in [2.75, 3.05) is 26.9 Å². The van der Waals surface area contributed by atoms with Crippen molar-refractivity contribution in [3.8, 4) is 0 Å². The van der Waals surface area contributed by atoms with Gasteiger partial charge in [0.1, 0.15) is 0 Å². The smallest absolute Gasteiger partial charge is 0.237 e. The van der Waals surface area contributed by atoms with Crippen LogP contribution in [0.15, 0.2) is 0 Å². The van der Waals surface area contributed by atoms with Gasteiger partial charge < -0.3 is 20.1 Å². The molecule has 2 N–H and O–H groups in total. The quantitative estimate of drug-likeness (QED) is 0.723. The van der Waals surface area contributed by atoms with E-state index in [1.54, 1.807) is 7.11 Å². The first-order valence-corrected chi connectivity index (χ1v) is 6.35. The van der Waals surface area contributed by atoms with Gasteiger partial charge in [-0.1, -0.05) is 0 Å². The van der Waals surface area contributed by atoms with Crippen LogP contribution in [0, 0.1) is 5.92 Å². The van der Waals surface area contributed by atoms with Crippen LogP contribution in [0.2, 0.25) is 0 Å². The van der Waals surface area contributed by atoms with Crippen LogP contribution in [-0.2, 0) is 14.3 Å². The number of carbonyl (C=O) groups is 1. The first kappa shape index (κ1) is 12.8. The fourth-order valence-corrected chi connectivity index (χ4v) is 2.47. The molecule has 0 radical (unpaired) electrons. The van der Waals surface area contributed by atoms with E-state index >= 15 is 0 Å². The zero-order valence-corrected chi connectivity index (χ0v) is 10.6. The van der Waals surface area contributed by atoms with Gasteiger partial charge in [0.25, 0.3) is 0 Å². The van der Waals surface area contributed by atoms with E-state index in [-0.39, 0.29) is 24.1 Å². The Labute approximate surface area is 102 Å². The van der Waals surface area contributed by atoms with Crippen LogP contribution in [-0.4, -0.2) is 51.0 Å². The maximum Gasteiger partial charge on any atom is 0.237 e. The zero-order chi connectivity index (χ0) is 12.3. The molecule has 2 fully saturated rings. The molecule has 0 spiro atoms. The van der Waals surface area contributed by atoms with Crippen molar-refractivity contribution in [2.45, 2.75) is 38.0 Å². The van der Waals surface area contributed by atoms with E-state index in [1.165, 1.54) is 0 Å². The van der Waals surface area contributed by atoms with Gasteiger partial charge in [-0.05, 0) is 19.8 Å². The number of rotatable bonds is 4. The molecule has 0 saturated carbocycles. The van der Waals surface area contributed by atoms with Crippen LogP contribution in [0.25, 0.3) is 0 Å². The Hall–Kier alpha value is -0.650. The third-order valence-electron chi connectivity index (χ3n) is 3.78. The third-order valence-corrected chi connectivity index (χ3v) is 3.78. The Bertz CT molecular complexity index is 266. The second-order valence-corrected chi connectivity index (χ2v) is 4.98. The molecule has 0 aliphatic carbocycles. The predicted octanol–water partition coefficient (Wildman–Crippen LogP) is -0.0955. The van der Waals surface area contributed by atoms with E-state index in [9.17, 15) is 4.79 Å². The Morgan fingerprint density at radius 3 is 3.00 bits per heavy atom. The topological polar surface area (TPSA) is 59.6 Å². The number of amides is 1. The molecule has 2 aliphatic heterocycles. The molecule has 98 valence electrons. The Balaban J connectivity index is 1.76. The van der Waals surface area contributed by atoms with Crippen molar-refractivity contribution < 1.29 is 14.3 Å². The van der Waals surface area contributed by atoms with Gasteiger partial charge >= 0.3 is 0 Å². The van der Waals surface area contributed by atoms with Crippen molar-refractivity contribution in [1.29, 1.82) is 0 Å². The highest BCUT2D eigenvalue weighted by Gasteiger charge is 2.31. The Morgan fingerprint density at radius 2 is 2.41 bits per heavy atom. The molecule has 17 heavy (non-hydrogen) atoms. The summed E-state index contributed by atoms with van der Waals surface area (Å²) in [6.07, 6.45) is 1.96. The van der Waals surface area contributed by atoms with E-state index in [1.807, 2.05) is 0 Å². The molecule has 0 bridgehead atoms. The summed E-state index contributed by atoms with van der Waals surface area (Å²) in [7, 11) is 1.69. The van der Waals surface area contributed by atoms with Gasteiger partial charge in [0.2, 0.25) is 5.91 Å². The van der Waals surface area contributed by atoms with E-state index in [4.69, 9.17) is 9.47 Å². The van der Waals surface area contributed by atoms with Gasteiger partial charge in [-0.25, -0.2) is 0 Å². The molecule has 5 nitrogen and oxygen atoms in total. The molecule has 2 rings (SSSR count). The molecule has 0 aromatic rings. The van der Waals surface area contributed by atoms with Crippen molar-refractivity contribution in [2.24, 2.45) is 5.92 Å². The Morgan fingerprint density at radius 1 is 1.59 bits per heavy atom. The molecule has 2 heterocycles. The number of methoxy groups -OCH3 is 1. The van der Waals surface area contributed by atoms with Crippen LogP contribution < -0.4 is 10.6 Å². The van der Waals surface area contributed by atoms with E-state index in [2.05, 4.69) is 17.6 Å². The number of ether oxygens (including phenoxy) is 2. The van der Waals surface area contributed by atoms with E-state index < -0.39 is 0 Å². The van der Waals surface area contributed by atoms with Gasteiger partial charge in [0.15, 0.2) is 0 Å². The minimum Gasteiger partial charge on any atom is -0.381 e. The van der Waals surface area contributed by atoms with Crippen LogP contribution in [0.5, 0.6) is 0 Å². The van der Waals surface area contributed by atoms with Gasteiger partial charge in [-0.2, -0.15) is 0 Å². The van der Waals surface area contributed by atoms with Crippen LogP contribution in [0.1, 0.15) is 19.8 Å². The molecule has 0 aromatic carbocycles. The summed E-state index contributed by atoms with van der Waals surface area (Å²) in [6.45, 7) is 4.40. The van der Waals surface area contributed by atoms with Gasteiger partial charge in [-0.3, -0.25) is 4.79 Å². The second kappa shape index (κ2) is 5.80. The molecule has 1 amide bonds. The predicted molar refractivity (Wildman–Crippen MR) is 63.7 cm³/mol. The minimum atomic E-state index is -0.107. The summed E-state index contributed by atoms with van der Waals surface area (Å²) in [5.74, 6) is 0.544. The van der Waals surface area contributed by atoms with Gasteiger partial charge in [0, 0.05) is 32.2 Å². The fourth-order valence-electron chi connectivity index (χ4n) is 2.47. The normalized spacial score (nSPS) is 34.8. The molecule has 4 unspecified atom stereocenters. The monoisotopic (exact) mass is 242 g/mol. The van der Waals surface area contributed by atoms with E-state index in [0.29, 0.717) is 5.92 Å². The minimum absolute atomic E-state index is 0.0870. The maximum absolute atomic E-state index is 12.0. The molecule has 0 aromatic heterocycles. The summed E-state index contributed by atoms with van der Waals surface area (Å²) in [5, 5.41) is 6.26. The van der Waals surface area contributed by atoms with E-state index in [0.717, 1.165) is 32.6 Å². The van der Waals surface area contributed by atoms with Crippen molar-refractivity contribution in [3.63, 3.8) is 0 Å². The average Bonchev–Trinajstić information content (AvgIpc) is 3.00. The first-order valence-electron chi connectivity index (χ1n) is 6.35. The molecule has 5 heteroatoms. The van der Waals surface area contributed by atoms with Crippen molar-refractivity contribution >= 4 is 5.91 Å². The molecular weight excluding hydrogens is 220 g/mol. The van der Waals surface area contributed by atoms with Crippen molar-refractivity contribution in [3.05, 3.63) is 0 Å². The third kappa shape index (κ3) is 3.18. The first-order chi connectivity index (χ1) is 8.20. The van der Waals surface area contributed by atoms with Crippen LogP contribution >= 0.6 is 0 Å². The fraction of sp³-hybridized carbons (Fsp3) is 0.917. The lowest BCUT2D eigenvalue weighted by molar-refractivity contribution is -0.123. The molecule has 2 saturated heterocycles. The number of nitrogens with one attached hydrogen (secondary N) is 2. The Kier molecular flexibility index (Phi) is 4.36. The highest BCUT2D eigenvalue weighted by Crippen LogP contribution is 2.17. The number of hydrogen-bond acceptors (Lipinski definition) is 4.